The van der Waals surface area contributed by atoms with Gasteiger partial charge in [-0.3, -0.25) is 9.69 Å². The zero-order chi connectivity index (χ0) is 18.7. The molecule has 0 bridgehead atoms. The number of hydrogen-bond acceptors (Lipinski definition) is 4. The third kappa shape index (κ3) is 4.11. The number of hydrogen-bond donors (Lipinski definition) is 0. The number of thioether (sulfide) groups is 1. The van der Waals surface area contributed by atoms with Gasteiger partial charge in [-0.2, -0.15) is 0 Å². The average Bonchev–Trinajstić information content (AvgIpc) is 3.05. The summed E-state index contributed by atoms with van der Waals surface area (Å²) in [5.74, 6) is 0.667. The van der Waals surface area contributed by atoms with Gasteiger partial charge in [-0.05, 0) is 37.1 Å². The summed E-state index contributed by atoms with van der Waals surface area (Å²) in [6.07, 6.45) is 0. The van der Waals surface area contributed by atoms with Crippen LogP contribution in [-0.4, -0.2) is 10.9 Å². The van der Waals surface area contributed by atoms with E-state index < -0.39 is 0 Å². The number of anilines is 2. The molecule has 0 fully saturated rings. The van der Waals surface area contributed by atoms with Gasteiger partial charge in [-0.15, -0.1) is 23.1 Å². The Hall–Kier alpha value is -1.82. The minimum absolute atomic E-state index is 0.0398. The molecule has 0 spiro atoms. The van der Waals surface area contributed by atoms with Gasteiger partial charge in [0.05, 0.1) is 16.4 Å². The summed E-state index contributed by atoms with van der Waals surface area (Å²) in [5, 5.41) is 3.45. The van der Waals surface area contributed by atoms with Crippen molar-refractivity contribution in [1.82, 2.24) is 4.98 Å². The van der Waals surface area contributed by atoms with Gasteiger partial charge in [-0.25, -0.2) is 4.98 Å². The third-order valence-electron chi connectivity index (χ3n) is 3.92. The van der Waals surface area contributed by atoms with Crippen LogP contribution < -0.4 is 4.90 Å². The highest BCUT2D eigenvalue weighted by atomic mass is 35.5. The van der Waals surface area contributed by atoms with Crippen molar-refractivity contribution in [3.8, 4) is 0 Å². The number of rotatable bonds is 5. The van der Waals surface area contributed by atoms with Crippen LogP contribution in [-0.2, 0) is 10.5 Å². The molecule has 0 aliphatic rings. The summed E-state index contributed by atoms with van der Waals surface area (Å²) < 4.78 is 0. The third-order valence-corrected chi connectivity index (χ3v) is 6.34. The Morgan fingerprint density at radius 2 is 1.85 bits per heavy atom. The van der Waals surface area contributed by atoms with Gasteiger partial charge >= 0.3 is 0 Å². The van der Waals surface area contributed by atoms with Gasteiger partial charge in [0.25, 0.3) is 0 Å². The van der Waals surface area contributed by atoms with Crippen molar-refractivity contribution in [1.29, 1.82) is 0 Å². The zero-order valence-electron chi connectivity index (χ0n) is 14.8. The standard InChI is InChI=1S/C20H19ClN2OS2/c1-13-7-6-8-14(2)19(13)23(15(3)24)20-22-16(12-26-20)11-25-18-10-5-4-9-17(18)21/h4-10,12H,11H2,1-3H3. The van der Waals surface area contributed by atoms with Gasteiger partial charge in [-0.1, -0.05) is 41.9 Å². The van der Waals surface area contributed by atoms with Crippen LogP contribution in [0.1, 0.15) is 23.7 Å². The smallest absolute Gasteiger partial charge is 0.230 e. The van der Waals surface area contributed by atoms with Crippen LogP contribution in [0.25, 0.3) is 0 Å². The molecular weight excluding hydrogens is 384 g/mol. The van der Waals surface area contributed by atoms with E-state index in [-0.39, 0.29) is 5.91 Å². The van der Waals surface area contributed by atoms with Crippen LogP contribution in [0.3, 0.4) is 0 Å². The SMILES string of the molecule is CC(=O)N(c1nc(CSc2ccccc2Cl)cs1)c1c(C)cccc1C. The second-order valence-corrected chi connectivity index (χ2v) is 8.20. The lowest BCUT2D eigenvalue weighted by atomic mass is 10.1. The van der Waals surface area contributed by atoms with E-state index in [1.807, 2.05) is 61.7 Å². The number of carbonyl (C=O) groups is 1. The Bertz CT molecular complexity index is 919. The number of halogens is 1. The molecule has 0 aliphatic carbocycles. The molecule has 0 unspecified atom stereocenters. The van der Waals surface area contributed by atoms with Crippen LogP contribution in [0.4, 0.5) is 10.8 Å². The maximum absolute atomic E-state index is 12.4. The van der Waals surface area contributed by atoms with Crippen molar-refractivity contribution < 1.29 is 4.79 Å². The first kappa shape index (κ1) is 19.0. The number of thiazole rings is 1. The van der Waals surface area contributed by atoms with Crippen molar-refractivity contribution in [3.05, 3.63) is 69.7 Å². The molecule has 0 saturated carbocycles. The molecule has 1 aromatic heterocycles. The molecule has 1 amide bonds. The number of amides is 1. The van der Waals surface area contributed by atoms with Crippen molar-refractivity contribution in [2.75, 3.05) is 4.90 Å². The second-order valence-electron chi connectivity index (χ2n) is 5.94. The molecule has 0 N–H and O–H groups in total. The Morgan fingerprint density at radius 1 is 1.15 bits per heavy atom. The van der Waals surface area contributed by atoms with Crippen LogP contribution in [0.5, 0.6) is 0 Å². The summed E-state index contributed by atoms with van der Waals surface area (Å²) in [5.41, 5.74) is 3.97. The number of aromatic nitrogens is 1. The lowest BCUT2D eigenvalue weighted by Gasteiger charge is -2.22. The van der Waals surface area contributed by atoms with Gasteiger partial charge in [0.15, 0.2) is 5.13 Å². The lowest BCUT2D eigenvalue weighted by Crippen LogP contribution is -2.24. The zero-order valence-corrected chi connectivity index (χ0v) is 17.2. The van der Waals surface area contributed by atoms with E-state index in [0.717, 1.165) is 32.4 Å². The first-order valence-corrected chi connectivity index (χ1v) is 10.4. The fourth-order valence-corrected chi connectivity index (χ4v) is 4.83. The molecule has 0 radical (unpaired) electrons. The first-order valence-electron chi connectivity index (χ1n) is 8.16. The van der Waals surface area contributed by atoms with Crippen LogP contribution >= 0.6 is 34.7 Å². The van der Waals surface area contributed by atoms with E-state index in [9.17, 15) is 4.79 Å². The highest BCUT2D eigenvalue weighted by Crippen LogP contribution is 2.35. The average molecular weight is 403 g/mol. The molecular formula is C20H19ClN2OS2. The summed E-state index contributed by atoms with van der Waals surface area (Å²) in [6.45, 7) is 5.60. The molecule has 0 aliphatic heterocycles. The van der Waals surface area contributed by atoms with Gasteiger partial charge in [0.1, 0.15) is 0 Å². The van der Waals surface area contributed by atoms with Crippen LogP contribution in [0.2, 0.25) is 5.02 Å². The minimum atomic E-state index is -0.0398. The maximum Gasteiger partial charge on any atom is 0.230 e. The minimum Gasteiger partial charge on any atom is -0.274 e. The molecule has 3 nitrogen and oxygen atoms in total. The van der Waals surface area contributed by atoms with E-state index in [0.29, 0.717) is 10.9 Å². The first-order chi connectivity index (χ1) is 12.5. The van der Waals surface area contributed by atoms with Crippen molar-refractivity contribution >= 4 is 51.4 Å². The highest BCUT2D eigenvalue weighted by molar-refractivity contribution is 7.98. The maximum atomic E-state index is 12.4. The van der Waals surface area contributed by atoms with Crippen molar-refractivity contribution in [2.24, 2.45) is 0 Å². The number of carbonyl (C=O) groups excluding carboxylic acids is 1. The van der Waals surface area contributed by atoms with Gasteiger partial charge in [0.2, 0.25) is 5.91 Å². The number of aryl methyl sites for hydroxylation is 2. The Kier molecular flexibility index (Phi) is 6.01. The fourth-order valence-electron chi connectivity index (χ4n) is 2.72. The van der Waals surface area contributed by atoms with E-state index >= 15 is 0 Å². The van der Waals surface area contributed by atoms with Crippen molar-refractivity contribution in [2.45, 2.75) is 31.4 Å². The summed E-state index contributed by atoms with van der Waals surface area (Å²) in [6, 6.07) is 13.8. The topological polar surface area (TPSA) is 33.2 Å². The van der Waals surface area contributed by atoms with Gasteiger partial charge < -0.3 is 0 Å². The molecule has 6 heteroatoms. The Labute approximate surface area is 167 Å². The van der Waals surface area contributed by atoms with Crippen LogP contribution in [0, 0.1) is 13.8 Å². The number of nitrogens with zero attached hydrogens (tertiary/aromatic N) is 2. The summed E-state index contributed by atoms with van der Waals surface area (Å²) in [4.78, 5) is 19.8. The van der Waals surface area contributed by atoms with Crippen molar-refractivity contribution in [3.63, 3.8) is 0 Å². The predicted molar refractivity (Wildman–Crippen MR) is 112 cm³/mol. The quantitative estimate of drug-likeness (QED) is 0.463. The van der Waals surface area contributed by atoms with Gasteiger partial charge in [0, 0.05) is 23.0 Å². The van der Waals surface area contributed by atoms with E-state index in [4.69, 9.17) is 16.6 Å². The molecule has 3 rings (SSSR count). The number of benzene rings is 2. The summed E-state index contributed by atoms with van der Waals surface area (Å²) >= 11 is 9.34. The van der Waals surface area contributed by atoms with E-state index in [1.165, 1.54) is 11.3 Å². The monoisotopic (exact) mass is 402 g/mol. The molecule has 134 valence electrons. The number of para-hydroxylation sites is 1. The molecule has 2 aromatic carbocycles. The highest BCUT2D eigenvalue weighted by Gasteiger charge is 2.21. The molecule has 0 atom stereocenters. The molecule has 1 heterocycles. The summed E-state index contributed by atoms with van der Waals surface area (Å²) in [7, 11) is 0. The molecule has 26 heavy (non-hydrogen) atoms. The molecule has 3 aromatic rings. The normalized spacial score (nSPS) is 10.8. The predicted octanol–water partition coefficient (Wildman–Crippen LogP) is 6.39. The van der Waals surface area contributed by atoms with E-state index in [1.54, 1.807) is 23.6 Å². The largest absolute Gasteiger partial charge is 0.274 e. The van der Waals surface area contributed by atoms with E-state index in [2.05, 4.69) is 0 Å². The second kappa shape index (κ2) is 8.25. The molecule has 0 saturated heterocycles. The lowest BCUT2D eigenvalue weighted by molar-refractivity contribution is -0.115. The Morgan fingerprint density at radius 3 is 2.50 bits per heavy atom. The Balaban J connectivity index is 1.85. The van der Waals surface area contributed by atoms with Crippen LogP contribution in [0.15, 0.2) is 52.7 Å². The fraction of sp³-hybridized carbons (Fsp3) is 0.200.